The maximum absolute atomic E-state index is 12.1. The number of rotatable bonds is 5. The van der Waals surface area contributed by atoms with Crippen LogP contribution in [0.15, 0.2) is 54.6 Å². The largest absolute Gasteiger partial charge is 0.478 e. The predicted octanol–water partition coefficient (Wildman–Crippen LogP) is 3.31. The zero-order chi connectivity index (χ0) is 16.2. The summed E-state index contributed by atoms with van der Waals surface area (Å²) in [6.45, 7) is 0.638. The maximum Gasteiger partial charge on any atom is 0.335 e. The van der Waals surface area contributed by atoms with E-state index < -0.39 is 5.97 Å². The number of carboxylic acids is 1. The maximum atomic E-state index is 12.1. The van der Waals surface area contributed by atoms with Gasteiger partial charge in [-0.2, -0.15) is 0 Å². The molecular formula is C19H19NO3. The second-order valence-electron chi connectivity index (χ2n) is 6.04. The molecule has 0 heterocycles. The summed E-state index contributed by atoms with van der Waals surface area (Å²) < 4.78 is 0. The summed E-state index contributed by atoms with van der Waals surface area (Å²) in [6.07, 6.45) is 2.17. The summed E-state index contributed by atoms with van der Waals surface area (Å²) >= 11 is 0. The Morgan fingerprint density at radius 3 is 2.39 bits per heavy atom. The van der Waals surface area contributed by atoms with E-state index in [1.165, 1.54) is 17.7 Å². The van der Waals surface area contributed by atoms with E-state index >= 15 is 0 Å². The highest BCUT2D eigenvalue weighted by Crippen LogP contribution is 2.41. The normalized spacial score (nSPS) is 19.7. The standard InChI is InChI=1S/C19H19NO3/c21-18(15-7-4-8-16(11-15)19(22)23)20-12-13-9-17(10-13)14-5-2-1-3-6-14/h1-8,11,13,17H,9-10,12H2,(H,20,21)(H,22,23). The number of aromatic carboxylic acids is 1. The van der Waals surface area contributed by atoms with Gasteiger partial charge in [-0.1, -0.05) is 36.4 Å². The Balaban J connectivity index is 1.49. The second-order valence-corrected chi connectivity index (χ2v) is 6.04. The van der Waals surface area contributed by atoms with Crippen molar-refractivity contribution in [3.8, 4) is 0 Å². The first-order valence-electron chi connectivity index (χ1n) is 7.80. The van der Waals surface area contributed by atoms with Crippen LogP contribution in [-0.4, -0.2) is 23.5 Å². The van der Waals surface area contributed by atoms with Crippen LogP contribution in [0.1, 0.15) is 45.0 Å². The van der Waals surface area contributed by atoms with E-state index in [-0.39, 0.29) is 11.5 Å². The third kappa shape index (κ3) is 3.59. The van der Waals surface area contributed by atoms with Crippen molar-refractivity contribution in [3.05, 3.63) is 71.3 Å². The zero-order valence-corrected chi connectivity index (χ0v) is 12.7. The molecule has 2 aromatic rings. The molecule has 23 heavy (non-hydrogen) atoms. The van der Waals surface area contributed by atoms with Gasteiger partial charge in [-0.3, -0.25) is 4.79 Å². The van der Waals surface area contributed by atoms with Crippen molar-refractivity contribution >= 4 is 11.9 Å². The molecule has 0 atom stereocenters. The fourth-order valence-electron chi connectivity index (χ4n) is 3.03. The van der Waals surface area contributed by atoms with Crippen LogP contribution in [0.3, 0.4) is 0 Å². The molecule has 4 heteroatoms. The van der Waals surface area contributed by atoms with Gasteiger partial charge in [-0.15, -0.1) is 0 Å². The summed E-state index contributed by atoms with van der Waals surface area (Å²) in [7, 11) is 0. The van der Waals surface area contributed by atoms with E-state index in [0.717, 1.165) is 12.8 Å². The van der Waals surface area contributed by atoms with E-state index in [1.54, 1.807) is 12.1 Å². The first kappa shape index (κ1) is 15.3. The molecule has 4 nitrogen and oxygen atoms in total. The van der Waals surface area contributed by atoms with Crippen molar-refractivity contribution in [3.63, 3.8) is 0 Å². The monoisotopic (exact) mass is 309 g/mol. The minimum Gasteiger partial charge on any atom is -0.478 e. The Kier molecular flexibility index (Phi) is 4.42. The molecule has 3 rings (SSSR count). The van der Waals surface area contributed by atoms with Crippen LogP contribution in [0.25, 0.3) is 0 Å². The van der Waals surface area contributed by atoms with Crippen molar-refractivity contribution in [2.45, 2.75) is 18.8 Å². The third-order valence-corrected chi connectivity index (χ3v) is 4.43. The van der Waals surface area contributed by atoms with Crippen LogP contribution in [0, 0.1) is 5.92 Å². The summed E-state index contributed by atoms with van der Waals surface area (Å²) in [4.78, 5) is 23.0. The van der Waals surface area contributed by atoms with Gasteiger partial charge in [-0.25, -0.2) is 4.79 Å². The lowest BCUT2D eigenvalue weighted by molar-refractivity contribution is 0.0697. The van der Waals surface area contributed by atoms with Gasteiger partial charge in [0.1, 0.15) is 0 Å². The summed E-state index contributed by atoms with van der Waals surface area (Å²) in [5, 5.41) is 11.9. The van der Waals surface area contributed by atoms with Crippen molar-refractivity contribution in [1.29, 1.82) is 0 Å². The number of hydrogen-bond donors (Lipinski definition) is 2. The Labute approximate surface area is 135 Å². The van der Waals surface area contributed by atoms with Crippen LogP contribution in [0.2, 0.25) is 0 Å². The van der Waals surface area contributed by atoms with E-state index in [0.29, 0.717) is 23.9 Å². The molecule has 1 fully saturated rings. The highest BCUT2D eigenvalue weighted by atomic mass is 16.4. The summed E-state index contributed by atoms with van der Waals surface area (Å²) in [5.74, 6) is -0.152. The number of benzene rings is 2. The summed E-state index contributed by atoms with van der Waals surface area (Å²) in [5.41, 5.74) is 1.89. The molecule has 0 spiro atoms. The lowest BCUT2D eigenvalue weighted by atomic mass is 9.71. The molecule has 1 aliphatic rings. The number of carbonyl (C=O) groups excluding carboxylic acids is 1. The van der Waals surface area contributed by atoms with Crippen molar-refractivity contribution in [2.24, 2.45) is 5.92 Å². The molecule has 0 aliphatic heterocycles. The second kappa shape index (κ2) is 6.65. The number of carbonyl (C=O) groups is 2. The van der Waals surface area contributed by atoms with E-state index in [2.05, 4.69) is 29.6 Å². The minimum absolute atomic E-state index is 0.130. The Morgan fingerprint density at radius 1 is 1.00 bits per heavy atom. The minimum atomic E-state index is -1.02. The first-order valence-corrected chi connectivity index (χ1v) is 7.80. The highest BCUT2D eigenvalue weighted by Gasteiger charge is 2.30. The number of nitrogens with one attached hydrogen (secondary N) is 1. The van der Waals surface area contributed by atoms with Crippen LogP contribution in [-0.2, 0) is 0 Å². The van der Waals surface area contributed by atoms with Gasteiger partial charge in [-0.05, 0) is 48.4 Å². The van der Waals surface area contributed by atoms with Gasteiger partial charge >= 0.3 is 5.97 Å². The Bertz CT molecular complexity index is 706. The molecule has 0 bridgehead atoms. The molecule has 118 valence electrons. The van der Waals surface area contributed by atoms with Gasteiger partial charge in [0.2, 0.25) is 0 Å². The van der Waals surface area contributed by atoms with E-state index in [9.17, 15) is 9.59 Å². The fourth-order valence-corrected chi connectivity index (χ4v) is 3.03. The summed E-state index contributed by atoms with van der Waals surface area (Å²) in [6, 6.07) is 16.5. The fraction of sp³-hybridized carbons (Fsp3) is 0.263. The lowest BCUT2D eigenvalue weighted by Gasteiger charge is -2.35. The van der Waals surface area contributed by atoms with E-state index in [4.69, 9.17) is 5.11 Å². The SMILES string of the molecule is O=C(O)c1cccc(C(=O)NCC2CC(c3ccccc3)C2)c1. The average Bonchev–Trinajstić information content (AvgIpc) is 2.54. The average molecular weight is 309 g/mol. The smallest absolute Gasteiger partial charge is 0.335 e. The molecule has 0 saturated heterocycles. The van der Waals surface area contributed by atoms with E-state index in [1.807, 2.05) is 6.07 Å². The van der Waals surface area contributed by atoms with Crippen molar-refractivity contribution < 1.29 is 14.7 Å². The van der Waals surface area contributed by atoms with Crippen LogP contribution >= 0.6 is 0 Å². The quantitative estimate of drug-likeness (QED) is 0.890. The van der Waals surface area contributed by atoms with Crippen molar-refractivity contribution in [2.75, 3.05) is 6.54 Å². The molecule has 1 amide bonds. The zero-order valence-electron chi connectivity index (χ0n) is 12.7. The Hall–Kier alpha value is -2.62. The van der Waals surface area contributed by atoms with Crippen LogP contribution < -0.4 is 5.32 Å². The molecule has 0 aromatic heterocycles. The van der Waals surface area contributed by atoms with Crippen molar-refractivity contribution in [1.82, 2.24) is 5.32 Å². The number of amides is 1. The number of carboxylic acid groups (broad SMARTS) is 1. The predicted molar refractivity (Wildman–Crippen MR) is 87.6 cm³/mol. The highest BCUT2D eigenvalue weighted by molar-refractivity contribution is 5.97. The van der Waals surface area contributed by atoms with Crippen LogP contribution in [0.4, 0.5) is 0 Å². The molecule has 2 aromatic carbocycles. The Morgan fingerprint density at radius 2 is 1.70 bits per heavy atom. The van der Waals surface area contributed by atoms with Gasteiger partial charge < -0.3 is 10.4 Å². The molecule has 0 unspecified atom stereocenters. The van der Waals surface area contributed by atoms with Gasteiger partial charge in [0.25, 0.3) is 5.91 Å². The molecular weight excluding hydrogens is 290 g/mol. The first-order chi connectivity index (χ1) is 11.1. The molecule has 1 aliphatic carbocycles. The van der Waals surface area contributed by atoms with Crippen LogP contribution in [0.5, 0.6) is 0 Å². The van der Waals surface area contributed by atoms with Gasteiger partial charge in [0.05, 0.1) is 5.56 Å². The third-order valence-electron chi connectivity index (χ3n) is 4.43. The van der Waals surface area contributed by atoms with Gasteiger partial charge in [0, 0.05) is 12.1 Å². The van der Waals surface area contributed by atoms with Gasteiger partial charge in [0.15, 0.2) is 0 Å². The number of hydrogen-bond acceptors (Lipinski definition) is 2. The molecule has 0 radical (unpaired) electrons. The topological polar surface area (TPSA) is 66.4 Å². The molecule has 1 saturated carbocycles. The molecule has 2 N–H and O–H groups in total. The lowest BCUT2D eigenvalue weighted by Crippen LogP contribution is -2.35.